The second-order valence-corrected chi connectivity index (χ2v) is 6.18. The van der Waals surface area contributed by atoms with E-state index in [-0.39, 0.29) is 12.0 Å². The molecule has 0 unspecified atom stereocenters. The van der Waals surface area contributed by atoms with Crippen molar-refractivity contribution in [3.05, 3.63) is 34.2 Å². The topological polar surface area (TPSA) is 64.1 Å². The van der Waals surface area contributed by atoms with Gasteiger partial charge in [0.2, 0.25) is 0 Å². The average molecular weight is 340 g/mol. The number of carbonyl (C=O) groups excluding carboxylic acids is 1. The third kappa shape index (κ3) is 4.76. The molecule has 0 bridgehead atoms. The molecule has 1 aromatic carbocycles. The van der Waals surface area contributed by atoms with Gasteiger partial charge >= 0.3 is 0 Å². The minimum Gasteiger partial charge on any atom is -0.379 e. The van der Waals surface area contributed by atoms with Gasteiger partial charge in [0.15, 0.2) is 0 Å². The third-order valence-corrected chi connectivity index (χ3v) is 3.85. The van der Waals surface area contributed by atoms with Crippen LogP contribution >= 0.6 is 23.1 Å². The Labute approximate surface area is 138 Å². The first-order valence-electron chi connectivity index (χ1n) is 7.06. The summed E-state index contributed by atoms with van der Waals surface area (Å²) in [5.41, 5.74) is 1.41. The Hall–Kier alpha value is -1.50. The highest BCUT2D eigenvalue weighted by molar-refractivity contribution is 7.08. The van der Waals surface area contributed by atoms with E-state index in [1.54, 1.807) is 12.1 Å². The number of aromatic nitrogens is 2. The maximum atomic E-state index is 12.2. The van der Waals surface area contributed by atoms with E-state index in [9.17, 15) is 4.79 Å². The Balaban J connectivity index is 1.94. The molecule has 1 N–H and O–H groups in total. The van der Waals surface area contributed by atoms with E-state index in [1.807, 2.05) is 26.0 Å². The van der Waals surface area contributed by atoms with Gasteiger partial charge in [-0.3, -0.25) is 4.79 Å². The van der Waals surface area contributed by atoms with E-state index in [2.05, 4.69) is 14.9 Å². The van der Waals surface area contributed by atoms with Crippen LogP contribution in [0.3, 0.4) is 0 Å². The number of carbonyl (C=O) groups is 1. The Bertz CT molecular complexity index is 614. The molecule has 2 aromatic rings. The summed E-state index contributed by atoms with van der Waals surface area (Å²) in [5.74, 6) is -0.163. The van der Waals surface area contributed by atoms with Crippen molar-refractivity contribution < 1.29 is 9.53 Å². The average Bonchev–Trinajstić information content (AvgIpc) is 2.96. The summed E-state index contributed by atoms with van der Waals surface area (Å²) in [4.78, 5) is 12.7. The zero-order valence-corrected chi connectivity index (χ0v) is 14.1. The molecule has 2 rings (SSSR count). The fraction of sp³-hybridized carbons (Fsp3) is 0.400. The molecule has 118 valence electrons. The number of ether oxygens (including phenoxy) is 1. The summed E-state index contributed by atoms with van der Waals surface area (Å²) in [6.45, 7) is 5.16. The smallest absolute Gasteiger partial charge is 0.265 e. The van der Waals surface area contributed by atoms with E-state index >= 15 is 0 Å². The number of nitrogens with one attached hydrogen (secondary N) is 1. The molecule has 0 aliphatic rings. The standard InChI is InChI=1S/C15H18ClN3O2S/c1-10(2)21-9-3-8-17-15(20)14-13(18-19-22-14)11-4-6-12(16)7-5-11/h4-7,10H,3,8-9H2,1-2H3,(H,17,20). The van der Waals surface area contributed by atoms with Gasteiger partial charge in [-0.1, -0.05) is 28.2 Å². The van der Waals surface area contributed by atoms with Gasteiger partial charge in [0, 0.05) is 23.7 Å². The van der Waals surface area contributed by atoms with Crippen LogP contribution in [-0.4, -0.2) is 34.7 Å². The molecule has 0 atom stereocenters. The Kier molecular flexibility index (Phi) is 6.30. The normalized spacial score (nSPS) is 10.9. The number of hydrogen-bond acceptors (Lipinski definition) is 5. The van der Waals surface area contributed by atoms with Crippen LogP contribution in [0.4, 0.5) is 0 Å². The van der Waals surface area contributed by atoms with Crippen molar-refractivity contribution >= 4 is 29.0 Å². The largest absolute Gasteiger partial charge is 0.379 e. The van der Waals surface area contributed by atoms with E-state index in [0.29, 0.717) is 28.7 Å². The minimum atomic E-state index is -0.163. The van der Waals surface area contributed by atoms with Crippen molar-refractivity contribution in [1.82, 2.24) is 14.9 Å². The summed E-state index contributed by atoms with van der Waals surface area (Å²) >= 11 is 6.96. The van der Waals surface area contributed by atoms with Crippen LogP contribution in [0.25, 0.3) is 11.3 Å². The second kappa shape index (κ2) is 8.22. The van der Waals surface area contributed by atoms with Crippen molar-refractivity contribution in [3.63, 3.8) is 0 Å². The summed E-state index contributed by atoms with van der Waals surface area (Å²) in [6.07, 6.45) is 0.977. The lowest BCUT2D eigenvalue weighted by molar-refractivity contribution is 0.0757. The summed E-state index contributed by atoms with van der Waals surface area (Å²) in [7, 11) is 0. The quantitative estimate of drug-likeness (QED) is 0.785. The highest BCUT2D eigenvalue weighted by Gasteiger charge is 2.17. The third-order valence-electron chi connectivity index (χ3n) is 2.87. The predicted molar refractivity (Wildman–Crippen MR) is 88.4 cm³/mol. The minimum absolute atomic E-state index is 0.163. The number of rotatable bonds is 7. The van der Waals surface area contributed by atoms with Crippen molar-refractivity contribution in [2.45, 2.75) is 26.4 Å². The molecule has 0 saturated carbocycles. The molecule has 0 spiro atoms. The fourth-order valence-electron chi connectivity index (χ4n) is 1.81. The number of hydrogen-bond donors (Lipinski definition) is 1. The van der Waals surface area contributed by atoms with Crippen molar-refractivity contribution in [2.24, 2.45) is 0 Å². The van der Waals surface area contributed by atoms with Gasteiger partial charge < -0.3 is 10.1 Å². The molecule has 1 heterocycles. The number of nitrogens with zero attached hydrogens (tertiary/aromatic N) is 2. The van der Waals surface area contributed by atoms with Gasteiger partial charge in [-0.25, -0.2) is 0 Å². The first-order valence-corrected chi connectivity index (χ1v) is 8.21. The van der Waals surface area contributed by atoms with Crippen LogP contribution < -0.4 is 5.32 Å². The maximum Gasteiger partial charge on any atom is 0.265 e. The molecule has 0 radical (unpaired) electrons. The molecule has 22 heavy (non-hydrogen) atoms. The van der Waals surface area contributed by atoms with E-state index in [1.165, 1.54) is 0 Å². The fourth-order valence-corrected chi connectivity index (χ4v) is 2.54. The molecular formula is C15H18ClN3O2S. The molecule has 0 saturated heterocycles. The lowest BCUT2D eigenvalue weighted by atomic mass is 10.1. The molecule has 1 amide bonds. The van der Waals surface area contributed by atoms with Crippen molar-refractivity contribution in [1.29, 1.82) is 0 Å². The SMILES string of the molecule is CC(C)OCCCNC(=O)c1snnc1-c1ccc(Cl)cc1. The molecule has 1 aromatic heterocycles. The van der Waals surface area contributed by atoms with Crippen LogP contribution in [0.1, 0.15) is 29.9 Å². The molecule has 0 aliphatic heterocycles. The van der Waals surface area contributed by atoms with E-state index in [0.717, 1.165) is 23.5 Å². The van der Waals surface area contributed by atoms with Gasteiger partial charge in [-0.2, -0.15) is 0 Å². The number of benzene rings is 1. The van der Waals surface area contributed by atoms with Crippen LogP contribution in [0.2, 0.25) is 5.02 Å². The molecular weight excluding hydrogens is 322 g/mol. The zero-order valence-electron chi connectivity index (χ0n) is 12.5. The monoisotopic (exact) mass is 339 g/mol. The van der Waals surface area contributed by atoms with Crippen molar-refractivity contribution in [3.8, 4) is 11.3 Å². The second-order valence-electron chi connectivity index (χ2n) is 4.99. The summed E-state index contributed by atoms with van der Waals surface area (Å²) < 4.78 is 9.32. The highest BCUT2D eigenvalue weighted by Crippen LogP contribution is 2.25. The summed E-state index contributed by atoms with van der Waals surface area (Å²) in [5, 5.41) is 7.55. The van der Waals surface area contributed by atoms with Gasteiger partial charge in [0.25, 0.3) is 5.91 Å². The number of halogens is 1. The lowest BCUT2D eigenvalue weighted by Gasteiger charge is -2.08. The van der Waals surface area contributed by atoms with Crippen LogP contribution in [0.5, 0.6) is 0 Å². The van der Waals surface area contributed by atoms with Gasteiger partial charge in [0.1, 0.15) is 10.6 Å². The van der Waals surface area contributed by atoms with Crippen LogP contribution in [-0.2, 0) is 4.74 Å². The zero-order chi connectivity index (χ0) is 15.9. The molecule has 0 aliphatic carbocycles. The Morgan fingerprint density at radius 2 is 2.09 bits per heavy atom. The molecule has 7 heteroatoms. The predicted octanol–water partition coefficient (Wildman–Crippen LogP) is 3.40. The summed E-state index contributed by atoms with van der Waals surface area (Å²) in [6, 6.07) is 7.18. The van der Waals surface area contributed by atoms with Gasteiger partial charge in [-0.05, 0) is 43.9 Å². The van der Waals surface area contributed by atoms with Gasteiger partial charge in [0.05, 0.1) is 6.10 Å². The van der Waals surface area contributed by atoms with E-state index in [4.69, 9.17) is 16.3 Å². The van der Waals surface area contributed by atoms with Gasteiger partial charge in [-0.15, -0.1) is 5.10 Å². The highest BCUT2D eigenvalue weighted by atomic mass is 35.5. The molecule has 5 nitrogen and oxygen atoms in total. The lowest BCUT2D eigenvalue weighted by Crippen LogP contribution is -2.25. The first kappa shape index (κ1) is 16.9. The molecule has 0 fully saturated rings. The van der Waals surface area contributed by atoms with Crippen molar-refractivity contribution in [2.75, 3.05) is 13.2 Å². The first-order chi connectivity index (χ1) is 10.6. The van der Waals surface area contributed by atoms with Crippen LogP contribution in [0.15, 0.2) is 24.3 Å². The maximum absolute atomic E-state index is 12.2. The Morgan fingerprint density at radius 3 is 2.77 bits per heavy atom. The van der Waals surface area contributed by atoms with Crippen LogP contribution in [0, 0.1) is 0 Å². The number of amides is 1. The van der Waals surface area contributed by atoms with E-state index < -0.39 is 0 Å². The Morgan fingerprint density at radius 1 is 1.36 bits per heavy atom.